The van der Waals surface area contributed by atoms with Crippen LogP contribution in [-0.4, -0.2) is 63.8 Å². The van der Waals surface area contributed by atoms with Crippen molar-refractivity contribution in [3.8, 4) is 0 Å². The van der Waals surface area contributed by atoms with E-state index in [0.29, 0.717) is 38.6 Å². The lowest BCUT2D eigenvalue weighted by Crippen LogP contribution is -2.48. The van der Waals surface area contributed by atoms with Gasteiger partial charge in [0.2, 0.25) is 0 Å². The molecule has 2 aromatic rings. The number of rotatable bonds is 5. The van der Waals surface area contributed by atoms with Crippen LogP contribution in [0.2, 0.25) is 0 Å². The number of aromatic nitrogens is 3. The lowest BCUT2D eigenvalue weighted by Gasteiger charge is -2.31. The number of carbonyl (C=O) groups excluding carboxylic acids is 1. The number of fused-ring (bicyclic) bond motifs is 1. The van der Waals surface area contributed by atoms with E-state index in [1.165, 1.54) is 0 Å². The van der Waals surface area contributed by atoms with Gasteiger partial charge in [-0.25, -0.2) is 4.79 Å². The minimum atomic E-state index is -0.242. The van der Waals surface area contributed by atoms with E-state index in [0.717, 1.165) is 24.3 Å². The molecule has 1 amide bonds. The average molecular weight is 359 g/mol. The molecule has 1 aliphatic heterocycles. The zero-order valence-electron chi connectivity index (χ0n) is 15.0. The summed E-state index contributed by atoms with van der Waals surface area (Å²) < 4.78 is 6.97. The number of amides is 1. The Morgan fingerprint density at radius 1 is 1.38 bits per heavy atom. The van der Waals surface area contributed by atoms with Crippen LogP contribution in [0.4, 0.5) is 4.79 Å². The van der Waals surface area contributed by atoms with Crippen LogP contribution in [0.1, 0.15) is 25.6 Å². The van der Waals surface area contributed by atoms with Crippen LogP contribution in [-0.2, 0) is 11.2 Å². The van der Waals surface area contributed by atoms with Gasteiger partial charge in [-0.1, -0.05) is 6.07 Å². The van der Waals surface area contributed by atoms with Gasteiger partial charge in [-0.2, -0.15) is 0 Å². The van der Waals surface area contributed by atoms with Crippen molar-refractivity contribution >= 4 is 17.7 Å². The number of pyridine rings is 1. The van der Waals surface area contributed by atoms with Gasteiger partial charge >= 0.3 is 6.09 Å². The van der Waals surface area contributed by atoms with Gasteiger partial charge in [-0.15, -0.1) is 10.2 Å². The molecule has 1 aliphatic rings. The van der Waals surface area contributed by atoms with Crippen molar-refractivity contribution in [2.45, 2.75) is 32.2 Å². The number of hydrogen-bond donors (Lipinski definition) is 2. The summed E-state index contributed by atoms with van der Waals surface area (Å²) in [5.41, 5.74) is 6.81. The number of piperidine rings is 1. The second-order valence-corrected chi connectivity index (χ2v) is 6.17. The number of hydrogen-bond acceptors (Lipinski definition) is 5. The molecule has 0 atom stereocenters. The van der Waals surface area contributed by atoms with Crippen molar-refractivity contribution < 1.29 is 9.53 Å². The van der Waals surface area contributed by atoms with Gasteiger partial charge in [0.1, 0.15) is 5.82 Å². The predicted molar refractivity (Wildman–Crippen MR) is 97.9 cm³/mol. The molecule has 9 heteroatoms. The first-order valence-electron chi connectivity index (χ1n) is 8.94. The van der Waals surface area contributed by atoms with Crippen molar-refractivity contribution in [1.29, 1.82) is 0 Å². The Hall–Kier alpha value is -2.84. The Balaban J connectivity index is 1.44. The first kappa shape index (κ1) is 18.0. The molecule has 0 unspecified atom stereocenters. The summed E-state index contributed by atoms with van der Waals surface area (Å²) >= 11 is 0. The molecule has 0 saturated carbocycles. The highest BCUT2D eigenvalue weighted by Gasteiger charge is 2.23. The van der Waals surface area contributed by atoms with E-state index in [-0.39, 0.29) is 12.1 Å². The lowest BCUT2D eigenvalue weighted by molar-refractivity contribution is 0.0963. The van der Waals surface area contributed by atoms with E-state index in [2.05, 4.69) is 20.5 Å². The van der Waals surface area contributed by atoms with Gasteiger partial charge in [0.25, 0.3) is 0 Å². The van der Waals surface area contributed by atoms with E-state index in [4.69, 9.17) is 10.5 Å². The molecule has 0 bridgehead atoms. The molecule has 9 nitrogen and oxygen atoms in total. The molecule has 0 aliphatic carbocycles. The maximum atomic E-state index is 11.7. The third kappa shape index (κ3) is 4.41. The highest BCUT2D eigenvalue weighted by Crippen LogP contribution is 2.11. The Labute approximate surface area is 152 Å². The minimum Gasteiger partial charge on any atom is -0.450 e. The Kier molecular flexibility index (Phi) is 5.88. The minimum absolute atomic E-state index is 0.221. The van der Waals surface area contributed by atoms with Crippen molar-refractivity contribution in [3.05, 3.63) is 30.2 Å². The molecule has 3 rings (SSSR count). The van der Waals surface area contributed by atoms with Gasteiger partial charge in [-0.05, 0) is 31.9 Å². The fourth-order valence-corrected chi connectivity index (χ4v) is 3.01. The number of guanidine groups is 1. The average Bonchev–Trinajstić information content (AvgIpc) is 3.06. The molecule has 0 aromatic carbocycles. The molecular formula is C17H25N7O2. The van der Waals surface area contributed by atoms with Gasteiger partial charge in [0, 0.05) is 38.3 Å². The van der Waals surface area contributed by atoms with Crippen LogP contribution in [0, 0.1) is 0 Å². The summed E-state index contributed by atoms with van der Waals surface area (Å²) in [6.45, 7) is 4.07. The quantitative estimate of drug-likeness (QED) is 0.603. The highest BCUT2D eigenvalue weighted by molar-refractivity contribution is 5.78. The zero-order valence-corrected chi connectivity index (χ0v) is 15.0. The number of likely N-dealkylation sites (tertiary alicyclic amines) is 1. The van der Waals surface area contributed by atoms with Crippen LogP contribution in [0.3, 0.4) is 0 Å². The molecule has 1 saturated heterocycles. The summed E-state index contributed by atoms with van der Waals surface area (Å²) in [6.07, 6.45) is 4.00. The number of carbonyl (C=O) groups is 1. The number of ether oxygens (including phenoxy) is 1. The SMILES string of the molecule is CCOC(=O)N1CCC(NC(N)=NCCc2nnc3ccccn23)CC1. The zero-order chi connectivity index (χ0) is 18.4. The van der Waals surface area contributed by atoms with Gasteiger partial charge in [-0.3, -0.25) is 9.39 Å². The molecule has 3 N–H and O–H groups in total. The van der Waals surface area contributed by atoms with Crippen molar-refractivity contribution in [2.75, 3.05) is 26.2 Å². The molecule has 0 spiro atoms. The highest BCUT2D eigenvalue weighted by atomic mass is 16.6. The summed E-state index contributed by atoms with van der Waals surface area (Å²) in [5.74, 6) is 1.29. The molecule has 26 heavy (non-hydrogen) atoms. The maximum absolute atomic E-state index is 11.7. The van der Waals surface area contributed by atoms with Crippen molar-refractivity contribution in [2.24, 2.45) is 10.7 Å². The first-order valence-corrected chi connectivity index (χ1v) is 8.94. The summed E-state index contributed by atoms with van der Waals surface area (Å²) in [4.78, 5) is 17.8. The van der Waals surface area contributed by atoms with Gasteiger partial charge in [0.05, 0.1) is 6.61 Å². The van der Waals surface area contributed by atoms with Gasteiger partial charge < -0.3 is 20.7 Å². The molecule has 1 fully saturated rings. The van der Waals surface area contributed by atoms with E-state index in [9.17, 15) is 4.79 Å². The normalized spacial score (nSPS) is 16.0. The van der Waals surface area contributed by atoms with Crippen LogP contribution >= 0.6 is 0 Å². The lowest BCUT2D eigenvalue weighted by atomic mass is 10.1. The molecular weight excluding hydrogens is 334 g/mol. The van der Waals surface area contributed by atoms with Crippen molar-refractivity contribution in [3.63, 3.8) is 0 Å². The first-order chi connectivity index (χ1) is 12.7. The third-order valence-electron chi connectivity index (χ3n) is 4.37. The standard InChI is InChI=1S/C17H25N7O2/c1-2-26-17(25)23-11-7-13(8-12-23)20-16(18)19-9-6-15-22-21-14-5-3-4-10-24(14)15/h3-5,10,13H,2,6-9,11-12H2,1H3,(H3,18,19,20). The number of aliphatic imine (C=N–C) groups is 1. The molecule has 140 valence electrons. The largest absolute Gasteiger partial charge is 0.450 e. The van der Waals surface area contributed by atoms with Gasteiger partial charge in [0.15, 0.2) is 11.6 Å². The number of nitrogens with two attached hydrogens (primary N) is 1. The summed E-state index contributed by atoms with van der Waals surface area (Å²) in [7, 11) is 0. The smallest absolute Gasteiger partial charge is 0.409 e. The third-order valence-corrected chi connectivity index (χ3v) is 4.37. The van der Waals surface area contributed by atoms with Crippen molar-refractivity contribution in [1.82, 2.24) is 24.8 Å². The van der Waals surface area contributed by atoms with Crippen LogP contribution < -0.4 is 11.1 Å². The second kappa shape index (κ2) is 8.50. The predicted octanol–water partition coefficient (Wildman–Crippen LogP) is 0.797. The Morgan fingerprint density at radius 2 is 2.19 bits per heavy atom. The van der Waals surface area contributed by atoms with E-state index >= 15 is 0 Å². The Morgan fingerprint density at radius 3 is 2.96 bits per heavy atom. The number of nitrogens with zero attached hydrogens (tertiary/aromatic N) is 5. The molecule has 2 aromatic heterocycles. The summed E-state index contributed by atoms with van der Waals surface area (Å²) in [5, 5.41) is 11.5. The molecule has 3 heterocycles. The van der Waals surface area contributed by atoms with E-state index < -0.39 is 0 Å². The summed E-state index contributed by atoms with van der Waals surface area (Å²) in [6, 6.07) is 6.01. The number of nitrogens with one attached hydrogen (secondary N) is 1. The van der Waals surface area contributed by atoms with Crippen LogP contribution in [0.15, 0.2) is 29.4 Å². The Bertz CT molecular complexity index is 765. The fraction of sp³-hybridized carbons (Fsp3) is 0.529. The van der Waals surface area contributed by atoms with Crippen LogP contribution in [0.25, 0.3) is 5.65 Å². The second-order valence-electron chi connectivity index (χ2n) is 6.17. The maximum Gasteiger partial charge on any atom is 0.409 e. The monoisotopic (exact) mass is 359 g/mol. The van der Waals surface area contributed by atoms with Crippen LogP contribution in [0.5, 0.6) is 0 Å². The van der Waals surface area contributed by atoms with E-state index in [1.807, 2.05) is 35.7 Å². The fourth-order valence-electron chi connectivity index (χ4n) is 3.01. The van der Waals surface area contributed by atoms with E-state index in [1.54, 1.807) is 4.90 Å². The topological polar surface area (TPSA) is 110 Å². The molecule has 0 radical (unpaired) electrons.